The average Bonchev–Trinajstić information content (AvgIpc) is 2.30. The van der Waals surface area contributed by atoms with Gasteiger partial charge in [-0.25, -0.2) is 0 Å². The summed E-state index contributed by atoms with van der Waals surface area (Å²) in [5.74, 6) is -0.0915. The topological polar surface area (TPSA) is 37.3 Å². The summed E-state index contributed by atoms with van der Waals surface area (Å²) in [5, 5.41) is 9.30. The van der Waals surface area contributed by atoms with Crippen LogP contribution in [0.4, 0.5) is 0 Å². The molecule has 0 saturated carbocycles. The van der Waals surface area contributed by atoms with Crippen molar-refractivity contribution in [1.82, 2.24) is 0 Å². The van der Waals surface area contributed by atoms with E-state index in [2.05, 4.69) is 0 Å². The van der Waals surface area contributed by atoms with E-state index < -0.39 is 6.10 Å². The third kappa shape index (κ3) is 0.870. The van der Waals surface area contributed by atoms with E-state index >= 15 is 0 Å². The van der Waals surface area contributed by atoms with Crippen LogP contribution in [-0.2, 0) is 11.2 Å². The van der Waals surface area contributed by atoms with Gasteiger partial charge >= 0.3 is 0 Å². The van der Waals surface area contributed by atoms with E-state index in [4.69, 9.17) is 0 Å². The first kappa shape index (κ1) is 6.55. The highest BCUT2D eigenvalue weighted by Crippen LogP contribution is 2.27. The van der Waals surface area contributed by atoms with E-state index in [1.165, 1.54) is 0 Å². The molecule has 1 aromatic carbocycles. The van der Waals surface area contributed by atoms with Crippen LogP contribution in [0, 0.1) is 0 Å². The lowest BCUT2D eigenvalue weighted by Gasteiger charge is -1.99. The zero-order chi connectivity index (χ0) is 7.84. The number of fused-ring (bicyclic) bond motifs is 1. The molecule has 0 fully saturated rings. The van der Waals surface area contributed by atoms with Gasteiger partial charge in [-0.1, -0.05) is 24.3 Å². The molecule has 2 nitrogen and oxygen atoms in total. The third-order valence-electron chi connectivity index (χ3n) is 2.02. The quantitative estimate of drug-likeness (QED) is 0.592. The van der Waals surface area contributed by atoms with Gasteiger partial charge in [0.15, 0.2) is 5.78 Å². The van der Waals surface area contributed by atoms with Crippen molar-refractivity contribution in [3.05, 3.63) is 35.4 Å². The van der Waals surface area contributed by atoms with Crippen LogP contribution in [0.5, 0.6) is 0 Å². The smallest absolute Gasteiger partial charge is 0.170 e. The molecule has 2 rings (SSSR count). The lowest BCUT2D eigenvalue weighted by molar-refractivity contribution is -0.125. The highest BCUT2D eigenvalue weighted by atomic mass is 16.3. The number of carbonyl (C=O) groups is 1. The Labute approximate surface area is 64.5 Å². The number of aliphatic hydroxyl groups is 1. The van der Waals surface area contributed by atoms with Crippen molar-refractivity contribution < 1.29 is 9.90 Å². The fourth-order valence-electron chi connectivity index (χ4n) is 1.42. The summed E-state index contributed by atoms with van der Waals surface area (Å²) < 4.78 is 0. The molecule has 0 bridgehead atoms. The highest BCUT2D eigenvalue weighted by Gasteiger charge is 2.27. The Morgan fingerprint density at radius 2 is 2.09 bits per heavy atom. The predicted octanol–water partition coefficient (Wildman–Crippen LogP) is 0.845. The lowest BCUT2D eigenvalue weighted by atomic mass is 10.1. The number of rotatable bonds is 0. The first-order valence-corrected chi connectivity index (χ1v) is 3.57. The number of carbonyl (C=O) groups excluding carboxylic acids is 1. The first-order valence-electron chi connectivity index (χ1n) is 3.57. The Balaban J connectivity index is 2.55. The molecule has 11 heavy (non-hydrogen) atoms. The van der Waals surface area contributed by atoms with Gasteiger partial charge in [-0.3, -0.25) is 4.79 Å². The van der Waals surface area contributed by atoms with Gasteiger partial charge in [0, 0.05) is 6.42 Å². The maximum atomic E-state index is 11.0. The predicted molar refractivity (Wildman–Crippen MR) is 40.1 cm³/mol. The van der Waals surface area contributed by atoms with E-state index in [1.807, 2.05) is 18.2 Å². The van der Waals surface area contributed by atoms with E-state index in [0.29, 0.717) is 6.42 Å². The summed E-state index contributed by atoms with van der Waals surface area (Å²) in [6.45, 7) is 0. The van der Waals surface area contributed by atoms with Crippen LogP contribution in [0.2, 0.25) is 0 Å². The standard InChI is InChI=1S/C9H8O2/c10-8-5-6-3-1-2-4-7(6)9(8)11/h1-4,9,11H,5H2/t9-/m0/s1. The fourth-order valence-corrected chi connectivity index (χ4v) is 1.42. The zero-order valence-corrected chi connectivity index (χ0v) is 5.95. The number of Topliss-reactive ketones (excluding diaryl/α,β-unsaturated/α-hetero) is 1. The summed E-state index contributed by atoms with van der Waals surface area (Å²) in [6.07, 6.45) is -0.483. The minimum absolute atomic E-state index is 0.0915. The molecule has 1 aromatic rings. The molecular formula is C9H8O2. The van der Waals surface area contributed by atoms with Crippen molar-refractivity contribution in [2.75, 3.05) is 0 Å². The molecule has 56 valence electrons. The van der Waals surface area contributed by atoms with Crippen LogP contribution in [0.25, 0.3) is 0 Å². The molecule has 0 unspecified atom stereocenters. The van der Waals surface area contributed by atoms with Crippen LogP contribution in [-0.4, -0.2) is 10.9 Å². The van der Waals surface area contributed by atoms with Gasteiger partial charge in [-0.05, 0) is 11.1 Å². The van der Waals surface area contributed by atoms with Crippen LogP contribution in [0.1, 0.15) is 17.2 Å². The molecule has 0 amide bonds. The third-order valence-corrected chi connectivity index (χ3v) is 2.02. The molecule has 0 heterocycles. The highest BCUT2D eigenvalue weighted by molar-refractivity contribution is 5.90. The Hall–Kier alpha value is -1.15. The molecule has 1 aliphatic rings. The Bertz CT molecular complexity index is 304. The van der Waals surface area contributed by atoms with Crippen LogP contribution in [0.15, 0.2) is 24.3 Å². The maximum Gasteiger partial charge on any atom is 0.170 e. The van der Waals surface area contributed by atoms with Gasteiger partial charge in [-0.15, -0.1) is 0 Å². The van der Waals surface area contributed by atoms with Crippen molar-refractivity contribution in [3.8, 4) is 0 Å². The van der Waals surface area contributed by atoms with Gasteiger partial charge < -0.3 is 5.11 Å². The number of hydrogen-bond acceptors (Lipinski definition) is 2. The molecule has 0 radical (unpaired) electrons. The van der Waals surface area contributed by atoms with Crippen LogP contribution >= 0.6 is 0 Å². The van der Waals surface area contributed by atoms with Gasteiger partial charge in [0.1, 0.15) is 6.10 Å². The van der Waals surface area contributed by atoms with Crippen LogP contribution < -0.4 is 0 Å². The second kappa shape index (κ2) is 2.17. The number of ketones is 1. The molecule has 1 atom stereocenters. The van der Waals surface area contributed by atoms with Crippen LogP contribution in [0.3, 0.4) is 0 Å². The maximum absolute atomic E-state index is 11.0. The Morgan fingerprint density at radius 1 is 1.36 bits per heavy atom. The minimum Gasteiger partial charge on any atom is -0.381 e. The number of benzene rings is 1. The van der Waals surface area contributed by atoms with Gasteiger partial charge in [-0.2, -0.15) is 0 Å². The van der Waals surface area contributed by atoms with Crippen molar-refractivity contribution in [3.63, 3.8) is 0 Å². The van der Waals surface area contributed by atoms with Gasteiger partial charge in [0.2, 0.25) is 0 Å². The fraction of sp³-hybridized carbons (Fsp3) is 0.222. The number of hydrogen-bond donors (Lipinski definition) is 1. The minimum atomic E-state index is -0.869. The largest absolute Gasteiger partial charge is 0.381 e. The second-order valence-electron chi connectivity index (χ2n) is 2.74. The SMILES string of the molecule is O=C1Cc2ccccc2[C@@H]1O. The molecule has 1 aliphatic carbocycles. The average molecular weight is 148 g/mol. The summed E-state index contributed by atoms with van der Waals surface area (Å²) in [6, 6.07) is 7.39. The van der Waals surface area contributed by atoms with Gasteiger partial charge in [0.05, 0.1) is 0 Å². The molecular weight excluding hydrogens is 140 g/mol. The molecule has 0 saturated heterocycles. The Kier molecular flexibility index (Phi) is 1.29. The summed E-state index contributed by atoms with van der Waals surface area (Å²) in [4.78, 5) is 11.0. The molecule has 0 spiro atoms. The van der Waals surface area contributed by atoms with Crippen molar-refractivity contribution in [1.29, 1.82) is 0 Å². The second-order valence-corrected chi connectivity index (χ2v) is 2.74. The van der Waals surface area contributed by atoms with Gasteiger partial charge in [0.25, 0.3) is 0 Å². The number of aliphatic hydroxyl groups excluding tert-OH is 1. The summed E-state index contributed by atoms with van der Waals surface area (Å²) in [5.41, 5.74) is 1.74. The van der Waals surface area contributed by atoms with E-state index in [9.17, 15) is 9.90 Å². The first-order chi connectivity index (χ1) is 5.29. The van der Waals surface area contributed by atoms with Crippen molar-refractivity contribution in [2.45, 2.75) is 12.5 Å². The summed E-state index contributed by atoms with van der Waals surface area (Å²) >= 11 is 0. The van der Waals surface area contributed by atoms with E-state index in [0.717, 1.165) is 11.1 Å². The van der Waals surface area contributed by atoms with E-state index in [1.54, 1.807) is 6.07 Å². The molecule has 0 aliphatic heterocycles. The summed E-state index contributed by atoms with van der Waals surface area (Å²) in [7, 11) is 0. The normalized spacial score (nSPS) is 21.9. The monoisotopic (exact) mass is 148 g/mol. The lowest BCUT2D eigenvalue weighted by Crippen LogP contribution is -2.03. The zero-order valence-electron chi connectivity index (χ0n) is 5.95. The molecule has 1 N–H and O–H groups in total. The van der Waals surface area contributed by atoms with E-state index in [-0.39, 0.29) is 5.78 Å². The molecule has 2 heteroatoms. The Morgan fingerprint density at radius 3 is 2.82 bits per heavy atom. The van der Waals surface area contributed by atoms with Crippen molar-refractivity contribution >= 4 is 5.78 Å². The van der Waals surface area contributed by atoms with Crippen molar-refractivity contribution in [2.24, 2.45) is 0 Å². The molecule has 0 aromatic heterocycles.